The second kappa shape index (κ2) is 6.60. The van der Waals surface area contributed by atoms with Gasteiger partial charge in [-0.2, -0.15) is 8.78 Å². The van der Waals surface area contributed by atoms with Crippen LogP contribution in [0.4, 0.5) is 18.9 Å². The first kappa shape index (κ1) is 14.6. The molecular weight excluding hydrogens is 275 g/mol. The van der Waals surface area contributed by atoms with Gasteiger partial charge in [0.25, 0.3) is 0 Å². The molecule has 4 nitrogen and oxygen atoms in total. The minimum atomic E-state index is -3.02. The number of rotatable bonds is 4. The van der Waals surface area contributed by atoms with Crippen LogP contribution in [-0.4, -0.2) is 25.7 Å². The van der Waals surface area contributed by atoms with Gasteiger partial charge in [0, 0.05) is 12.7 Å². The molecule has 1 aromatic carbocycles. The van der Waals surface area contributed by atoms with E-state index < -0.39 is 12.4 Å². The van der Waals surface area contributed by atoms with Crippen molar-refractivity contribution in [3.8, 4) is 5.75 Å². The van der Waals surface area contributed by atoms with Crippen LogP contribution in [0.3, 0.4) is 0 Å². The molecule has 0 bridgehead atoms. The summed E-state index contributed by atoms with van der Waals surface area (Å²) in [4.78, 5) is 11.9. The highest BCUT2D eigenvalue weighted by Gasteiger charge is 2.22. The van der Waals surface area contributed by atoms with E-state index in [1.165, 1.54) is 12.1 Å². The number of anilines is 1. The topological polar surface area (TPSA) is 47.6 Å². The molecule has 20 heavy (non-hydrogen) atoms. The van der Waals surface area contributed by atoms with Gasteiger partial charge < -0.3 is 14.8 Å². The molecule has 1 atom stereocenters. The molecule has 2 rings (SSSR count). The Bertz CT molecular complexity index is 476. The number of hydrogen-bond acceptors (Lipinski definition) is 3. The summed E-state index contributed by atoms with van der Waals surface area (Å²) >= 11 is 0. The third-order valence-corrected chi connectivity index (χ3v) is 2.95. The Morgan fingerprint density at radius 2 is 2.25 bits per heavy atom. The van der Waals surface area contributed by atoms with E-state index in [0.29, 0.717) is 19.6 Å². The zero-order chi connectivity index (χ0) is 14.5. The Balaban J connectivity index is 2.00. The first-order valence-electron chi connectivity index (χ1n) is 6.19. The average molecular weight is 289 g/mol. The number of amides is 1. The van der Waals surface area contributed by atoms with Crippen molar-refractivity contribution in [2.24, 2.45) is 5.92 Å². The van der Waals surface area contributed by atoms with Crippen molar-refractivity contribution in [1.82, 2.24) is 0 Å². The lowest BCUT2D eigenvalue weighted by Gasteiger charge is -2.21. The smallest absolute Gasteiger partial charge is 0.387 e. The molecule has 0 unspecified atom stereocenters. The third-order valence-electron chi connectivity index (χ3n) is 2.95. The second-order valence-electron chi connectivity index (χ2n) is 4.42. The van der Waals surface area contributed by atoms with E-state index in [1.807, 2.05) is 0 Å². The van der Waals surface area contributed by atoms with Crippen LogP contribution in [0.15, 0.2) is 18.2 Å². The van der Waals surface area contributed by atoms with Gasteiger partial charge in [0.1, 0.15) is 11.6 Å². The number of alkyl halides is 2. The molecule has 0 aliphatic carbocycles. The predicted molar refractivity (Wildman–Crippen MR) is 65.2 cm³/mol. The lowest BCUT2D eigenvalue weighted by molar-refractivity contribution is -0.123. The van der Waals surface area contributed by atoms with Crippen LogP contribution in [0.1, 0.15) is 12.8 Å². The summed E-state index contributed by atoms with van der Waals surface area (Å²) < 4.78 is 46.9. The standard InChI is InChI=1S/C13H14F3NO3/c14-10-6-9(20-13(15)16)3-4-11(10)17-12(18)8-2-1-5-19-7-8/h3-4,6,8,13H,1-2,5,7H2,(H,17,18)/t8-/m1/s1. The van der Waals surface area contributed by atoms with Gasteiger partial charge >= 0.3 is 6.61 Å². The third kappa shape index (κ3) is 3.86. The summed E-state index contributed by atoms with van der Waals surface area (Å²) in [6, 6.07) is 3.16. The molecule has 1 aliphatic rings. The lowest BCUT2D eigenvalue weighted by atomic mass is 10.0. The summed E-state index contributed by atoms with van der Waals surface area (Å²) in [6.07, 6.45) is 1.46. The Kier molecular flexibility index (Phi) is 4.84. The fourth-order valence-corrected chi connectivity index (χ4v) is 1.96. The van der Waals surface area contributed by atoms with Crippen LogP contribution in [-0.2, 0) is 9.53 Å². The van der Waals surface area contributed by atoms with Crippen molar-refractivity contribution in [1.29, 1.82) is 0 Å². The van der Waals surface area contributed by atoms with Gasteiger partial charge in [-0.15, -0.1) is 0 Å². The van der Waals surface area contributed by atoms with Crippen LogP contribution in [0.2, 0.25) is 0 Å². The normalized spacial score (nSPS) is 18.9. The fraction of sp³-hybridized carbons (Fsp3) is 0.462. The van der Waals surface area contributed by atoms with Gasteiger partial charge in [0.15, 0.2) is 0 Å². The Morgan fingerprint density at radius 1 is 1.45 bits per heavy atom. The molecule has 1 N–H and O–H groups in total. The van der Waals surface area contributed by atoms with Crippen molar-refractivity contribution >= 4 is 11.6 Å². The molecule has 1 saturated heterocycles. The van der Waals surface area contributed by atoms with Gasteiger partial charge in [0.05, 0.1) is 18.2 Å². The number of nitrogens with one attached hydrogen (secondary N) is 1. The Labute approximate surface area is 113 Å². The molecule has 1 amide bonds. The van der Waals surface area contributed by atoms with E-state index in [1.54, 1.807) is 0 Å². The van der Waals surface area contributed by atoms with E-state index in [2.05, 4.69) is 10.1 Å². The minimum Gasteiger partial charge on any atom is -0.435 e. The van der Waals surface area contributed by atoms with Crippen LogP contribution >= 0.6 is 0 Å². The SMILES string of the molecule is O=C(Nc1ccc(OC(F)F)cc1F)[C@@H]1CCCOC1. The second-order valence-corrected chi connectivity index (χ2v) is 4.42. The van der Waals surface area contributed by atoms with Gasteiger partial charge in [-0.1, -0.05) is 0 Å². The first-order chi connectivity index (χ1) is 9.56. The molecule has 1 aliphatic heterocycles. The molecule has 1 heterocycles. The molecule has 0 radical (unpaired) electrons. The van der Waals surface area contributed by atoms with Gasteiger partial charge in [-0.3, -0.25) is 4.79 Å². The Morgan fingerprint density at radius 3 is 2.85 bits per heavy atom. The molecule has 0 aromatic heterocycles. The molecule has 0 saturated carbocycles. The quantitative estimate of drug-likeness (QED) is 0.927. The highest BCUT2D eigenvalue weighted by Crippen LogP contribution is 2.23. The van der Waals surface area contributed by atoms with E-state index in [9.17, 15) is 18.0 Å². The number of halogens is 3. The average Bonchev–Trinajstić information content (AvgIpc) is 2.42. The van der Waals surface area contributed by atoms with Gasteiger partial charge in [-0.05, 0) is 25.0 Å². The lowest BCUT2D eigenvalue weighted by Crippen LogP contribution is -2.30. The van der Waals surface area contributed by atoms with Gasteiger partial charge in [0.2, 0.25) is 5.91 Å². The number of benzene rings is 1. The largest absolute Gasteiger partial charge is 0.435 e. The molecular formula is C13H14F3NO3. The number of hydrogen-bond donors (Lipinski definition) is 1. The monoisotopic (exact) mass is 289 g/mol. The highest BCUT2D eigenvalue weighted by molar-refractivity contribution is 5.92. The molecule has 7 heteroatoms. The van der Waals surface area contributed by atoms with E-state index in [0.717, 1.165) is 12.5 Å². The maximum absolute atomic E-state index is 13.7. The maximum Gasteiger partial charge on any atom is 0.387 e. The van der Waals surface area contributed by atoms with Crippen molar-refractivity contribution in [2.45, 2.75) is 19.5 Å². The van der Waals surface area contributed by atoms with Gasteiger partial charge in [-0.25, -0.2) is 4.39 Å². The number of carbonyl (C=O) groups is 1. The molecule has 1 fully saturated rings. The number of carbonyl (C=O) groups excluding carboxylic acids is 1. The fourth-order valence-electron chi connectivity index (χ4n) is 1.96. The van der Waals surface area contributed by atoms with Crippen LogP contribution in [0.25, 0.3) is 0 Å². The predicted octanol–water partition coefficient (Wildman–Crippen LogP) is 2.79. The molecule has 1 aromatic rings. The van der Waals surface area contributed by atoms with Crippen molar-refractivity contribution in [2.75, 3.05) is 18.5 Å². The van der Waals surface area contributed by atoms with E-state index in [-0.39, 0.29) is 23.3 Å². The van der Waals surface area contributed by atoms with Crippen molar-refractivity contribution in [3.05, 3.63) is 24.0 Å². The number of ether oxygens (including phenoxy) is 2. The van der Waals surface area contributed by atoms with E-state index >= 15 is 0 Å². The van der Waals surface area contributed by atoms with E-state index in [4.69, 9.17) is 4.74 Å². The Hall–Kier alpha value is -1.76. The van der Waals surface area contributed by atoms with Crippen LogP contribution in [0.5, 0.6) is 5.75 Å². The van der Waals surface area contributed by atoms with Crippen molar-refractivity contribution in [3.63, 3.8) is 0 Å². The molecule has 0 spiro atoms. The maximum atomic E-state index is 13.7. The zero-order valence-electron chi connectivity index (χ0n) is 10.6. The zero-order valence-corrected chi connectivity index (χ0v) is 10.6. The van der Waals surface area contributed by atoms with Crippen LogP contribution < -0.4 is 10.1 Å². The summed E-state index contributed by atoms with van der Waals surface area (Å²) in [6.45, 7) is -2.09. The summed E-state index contributed by atoms with van der Waals surface area (Å²) in [7, 11) is 0. The molecule has 110 valence electrons. The summed E-state index contributed by atoms with van der Waals surface area (Å²) in [5.41, 5.74) is -0.0674. The van der Waals surface area contributed by atoms with Crippen molar-refractivity contribution < 1.29 is 27.4 Å². The minimum absolute atomic E-state index is 0.0674. The first-order valence-corrected chi connectivity index (χ1v) is 6.19. The summed E-state index contributed by atoms with van der Waals surface area (Å²) in [5.74, 6) is -1.78. The van der Waals surface area contributed by atoms with Crippen LogP contribution in [0, 0.1) is 11.7 Å². The summed E-state index contributed by atoms with van der Waals surface area (Å²) in [5, 5.41) is 2.42. The highest BCUT2D eigenvalue weighted by atomic mass is 19.3.